The molecule has 0 fully saturated rings. The molecule has 6 heteroatoms. The van der Waals surface area contributed by atoms with E-state index in [0.29, 0.717) is 5.82 Å². The molecule has 1 N–H and O–H groups in total. The molecule has 1 atom stereocenters. The second-order valence-corrected chi connectivity index (χ2v) is 5.41. The van der Waals surface area contributed by atoms with Crippen LogP contribution in [0.4, 0.5) is 5.82 Å². The van der Waals surface area contributed by atoms with E-state index in [1.54, 1.807) is 30.9 Å². The Morgan fingerprint density at radius 2 is 2.11 bits per heavy atom. The number of nitrogens with zero attached hydrogens (tertiary/aromatic N) is 2. The van der Waals surface area contributed by atoms with Crippen LogP contribution in [0.25, 0.3) is 0 Å². The summed E-state index contributed by atoms with van der Waals surface area (Å²) in [7, 11) is 1.75. The zero-order valence-corrected chi connectivity index (χ0v) is 12.1. The van der Waals surface area contributed by atoms with Crippen molar-refractivity contribution in [2.24, 2.45) is 18.4 Å². The first-order chi connectivity index (χ1) is 8.75. The highest BCUT2D eigenvalue weighted by Crippen LogP contribution is 2.28. The minimum absolute atomic E-state index is 0.252. The summed E-state index contributed by atoms with van der Waals surface area (Å²) in [5.41, 5.74) is -0.523. The van der Waals surface area contributed by atoms with Crippen molar-refractivity contribution in [3.05, 3.63) is 12.3 Å². The van der Waals surface area contributed by atoms with Gasteiger partial charge >= 0.3 is 5.97 Å². The van der Waals surface area contributed by atoms with Gasteiger partial charge in [0.25, 0.3) is 0 Å². The van der Waals surface area contributed by atoms with Crippen LogP contribution in [0.1, 0.15) is 27.7 Å². The van der Waals surface area contributed by atoms with Gasteiger partial charge in [0.05, 0.1) is 6.61 Å². The number of aromatic nitrogens is 2. The third-order valence-corrected chi connectivity index (χ3v) is 2.62. The van der Waals surface area contributed by atoms with Gasteiger partial charge in [0.2, 0.25) is 5.91 Å². The predicted octanol–water partition coefficient (Wildman–Crippen LogP) is 1.58. The minimum atomic E-state index is -0.866. The summed E-state index contributed by atoms with van der Waals surface area (Å²) in [4.78, 5) is 24.1. The molecule has 0 saturated carbocycles. The molecule has 1 aromatic rings. The van der Waals surface area contributed by atoms with Crippen LogP contribution in [0, 0.1) is 11.3 Å². The van der Waals surface area contributed by atoms with Crippen molar-refractivity contribution in [1.29, 1.82) is 0 Å². The summed E-state index contributed by atoms with van der Waals surface area (Å²) in [5, 5.41) is 6.69. The third kappa shape index (κ3) is 4.08. The molecule has 1 rings (SSSR count). The fourth-order valence-electron chi connectivity index (χ4n) is 1.76. The smallest absolute Gasteiger partial charge is 0.319 e. The lowest BCUT2D eigenvalue weighted by molar-refractivity contribution is -0.155. The first-order valence-corrected chi connectivity index (χ1v) is 6.23. The van der Waals surface area contributed by atoms with Gasteiger partial charge in [-0.05, 0) is 12.3 Å². The summed E-state index contributed by atoms with van der Waals surface area (Å²) in [6, 6.07) is 1.67. The van der Waals surface area contributed by atoms with Gasteiger partial charge in [0, 0.05) is 19.3 Å². The third-order valence-electron chi connectivity index (χ3n) is 2.62. The molecule has 0 radical (unpaired) electrons. The Morgan fingerprint density at radius 3 is 2.53 bits per heavy atom. The second-order valence-electron chi connectivity index (χ2n) is 5.41. The highest BCUT2D eigenvalue weighted by molar-refractivity contribution is 6.05. The number of amides is 1. The summed E-state index contributed by atoms with van der Waals surface area (Å²) < 4.78 is 6.54. The quantitative estimate of drug-likeness (QED) is 0.664. The Hall–Kier alpha value is -1.85. The van der Waals surface area contributed by atoms with Crippen LogP contribution in [0.3, 0.4) is 0 Å². The number of carbonyl (C=O) groups excluding carboxylic acids is 2. The predicted molar refractivity (Wildman–Crippen MR) is 71.4 cm³/mol. The molecule has 0 aliphatic heterocycles. The van der Waals surface area contributed by atoms with Gasteiger partial charge in [0.1, 0.15) is 5.92 Å². The van der Waals surface area contributed by atoms with Crippen molar-refractivity contribution in [3.8, 4) is 0 Å². The van der Waals surface area contributed by atoms with Crippen molar-refractivity contribution in [2.75, 3.05) is 11.9 Å². The number of anilines is 1. The number of esters is 1. The molecule has 0 bridgehead atoms. The molecule has 0 saturated heterocycles. The molecule has 1 aromatic heterocycles. The van der Waals surface area contributed by atoms with E-state index >= 15 is 0 Å². The van der Waals surface area contributed by atoms with E-state index < -0.39 is 23.2 Å². The lowest BCUT2D eigenvalue weighted by Crippen LogP contribution is -2.40. The molecular formula is C13H21N3O3. The maximum Gasteiger partial charge on any atom is 0.319 e. The zero-order chi connectivity index (χ0) is 14.6. The average molecular weight is 267 g/mol. The number of hydrogen-bond acceptors (Lipinski definition) is 4. The maximum atomic E-state index is 12.2. The zero-order valence-electron chi connectivity index (χ0n) is 12.1. The van der Waals surface area contributed by atoms with Gasteiger partial charge in [-0.3, -0.25) is 14.3 Å². The SMILES string of the molecule is CCOC(=O)C(C(=O)Nc1ccn(C)n1)C(C)(C)C. The lowest BCUT2D eigenvalue weighted by atomic mass is 9.80. The first kappa shape index (κ1) is 15.2. The van der Waals surface area contributed by atoms with E-state index in [1.165, 1.54) is 0 Å². The molecule has 106 valence electrons. The molecule has 1 amide bonds. The number of ether oxygens (including phenoxy) is 1. The van der Waals surface area contributed by atoms with Gasteiger partial charge in [-0.15, -0.1) is 0 Å². The van der Waals surface area contributed by atoms with Crippen LogP contribution in [0.5, 0.6) is 0 Å². The summed E-state index contributed by atoms with van der Waals surface area (Å²) >= 11 is 0. The van der Waals surface area contributed by atoms with Gasteiger partial charge in [-0.1, -0.05) is 20.8 Å². The molecule has 19 heavy (non-hydrogen) atoms. The van der Waals surface area contributed by atoms with E-state index in [-0.39, 0.29) is 6.61 Å². The van der Waals surface area contributed by atoms with Crippen molar-refractivity contribution in [2.45, 2.75) is 27.7 Å². The van der Waals surface area contributed by atoms with Gasteiger partial charge in [-0.25, -0.2) is 0 Å². The first-order valence-electron chi connectivity index (χ1n) is 6.23. The van der Waals surface area contributed by atoms with Crippen molar-refractivity contribution < 1.29 is 14.3 Å². The van der Waals surface area contributed by atoms with Crippen LogP contribution in [0.15, 0.2) is 12.3 Å². The molecule has 6 nitrogen and oxygen atoms in total. The van der Waals surface area contributed by atoms with Gasteiger partial charge in [0.15, 0.2) is 5.82 Å². The number of carbonyl (C=O) groups is 2. The van der Waals surface area contributed by atoms with E-state index in [1.807, 2.05) is 20.8 Å². The lowest BCUT2D eigenvalue weighted by Gasteiger charge is -2.27. The molecular weight excluding hydrogens is 246 g/mol. The topological polar surface area (TPSA) is 73.2 Å². The van der Waals surface area contributed by atoms with E-state index in [9.17, 15) is 9.59 Å². The van der Waals surface area contributed by atoms with Crippen molar-refractivity contribution in [3.63, 3.8) is 0 Å². The fourth-order valence-corrected chi connectivity index (χ4v) is 1.76. The van der Waals surface area contributed by atoms with Crippen molar-refractivity contribution >= 4 is 17.7 Å². The standard InChI is InChI=1S/C13H21N3O3/c1-6-19-12(18)10(13(2,3)4)11(17)14-9-7-8-16(5)15-9/h7-8,10H,6H2,1-5H3,(H,14,15,17). The van der Waals surface area contributed by atoms with Gasteiger partial charge < -0.3 is 10.1 Å². The Morgan fingerprint density at radius 1 is 1.47 bits per heavy atom. The van der Waals surface area contributed by atoms with E-state index in [2.05, 4.69) is 10.4 Å². The van der Waals surface area contributed by atoms with Crippen LogP contribution in [0.2, 0.25) is 0 Å². The Bertz CT molecular complexity index is 460. The Balaban J connectivity index is 2.86. The molecule has 0 aliphatic rings. The normalized spacial score (nSPS) is 12.9. The summed E-state index contributed by atoms with van der Waals surface area (Å²) in [6.07, 6.45) is 1.71. The number of aryl methyl sites for hydroxylation is 1. The number of nitrogens with one attached hydrogen (secondary N) is 1. The molecule has 0 spiro atoms. The second kappa shape index (κ2) is 5.86. The summed E-state index contributed by atoms with van der Waals surface area (Å²) in [5.74, 6) is -1.35. The minimum Gasteiger partial charge on any atom is -0.465 e. The largest absolute Gasteiger partial charge is 0.465 e. The maximum absolute atomic E-state index is 12.2. The monoisotopic (exact) mass is 267 g/mol. The van der Waals surface area contributed by atoms with Gasteiger partial charge in [-0.2, -0.15) is 5.10 Å². The average Bonchev–Trinajstić information content (AvgIpc) is 2.61. The summed E-state index contributed by atoms with van der Waals surface area (Å²) in [6.45, 7) is 7.45. The molecule has 1 unspecified atom stereocenters. The van der Waals surface area contributed by atoms with Crippen LogP contribution >= 0.6 is 0 Å². The number of rotatable bonds is 4. The fraction of sp³-hybridized carbons (Fsp3) is 0.615. The van der Waals surface area contributed by atoms with Crippen molar-refractivity contribution in [1.82, 2.24) is 9.78 Å². The van der Waals surface area contributed by atoms with Crippen LogP contribution in [-0.2, 0) is 21.4 Å². The molecule has 0 aliphatic carbocycles. The van der Waals surface area contributed by atoms with Crippen LogP contribution < -0.4 is 5.32 Å². The molecule has 1 heterocycles. The Kier molecular flexibility index (Phi) is 4.69. The Labute approximate surface area is 113 Å². The van der Waals surface area contributed by atoms with E-state index in [0.717, 1.165) is 0 Å². The number of hydrogen-bond donors (Lipinski definition) is 1. The highest BCUT2D eigenvalue weighted by Gasteiger charge is 2.39. The molecule has 0 aromatic carbocycles. The highest BCUT2D eigenvalue weighted by atomic mass is 16.5. The van der Waals surface area contributed by atoms with E-state index in [4.69, 9.17) is 4.74 Å². The van der Waals surface area contributed by atoms with Crippen LogP contribution in [-0.4, -0.2) is 28.3 Å².